The monoisotopic (exact) mass is 369 g/mol. The lowest BCUT2D eigenvalue weighted by Gasteiger charge is -2.17. The Bertz CT molecular complexity index is 934. The topological polar surface area (TPSA) is 94.1 Å². The first kappa shape index (κ1) is 18.3. The summed E-state index contributed by atoms with van der Waals surface area (Å²) in [5.74, 6) is -0.524. The van der Waals surface area contributed by atoms with Crippen LogP contribution in [0.2, 0.25) is 0 Å². The average molecular weight is 369 g/mol. The second-order valence-electron chi connectivity index (χ2n) is 5.81. The van der Waals surface area contributed by atoms with Crippen molar-refractivity contribution in [2.24, 2.45) is 0 Å². The summed E-state index contributed by atoms with van der Waals surface area (Å²) in [6.45, 7) is 0. The van der Waals surface area contributed by atoms with Crippen LogP contribution < -0.4 is 19.5 Å². The molecule has 1 atom stereocenters. The highest BCUT2D eigenvalue weighted by atomic mass is 16.5. The predicted molar refractivity (Wildman–Crippen MR) is 98.0 cm³/mol. The third kappa shape index (κ3) is 3.19. The number of benzene rings is 2. The standard InChI is InChI=1S/C20H19NO6/c1-25-13-7-5-4-6-12(13)17-16(19(23)20(24)21-17)18(22)11-8-9-14(26-2)15(10-11)27-3/h4-10,17,22H,1-3H3,(H,21,24)/t17-/m0/s1. The van der Waals surface area contributed by atoms with Gasteiger partial charge >= 0.3 is 0 Å². The van der Waals surface area contributed by atoms with Gasteiger partial charge in [0.15, 0.2) is 11.5 Å². The first-order valence-electron chi connectivity index (χ1n) is 8.15. The largest absolute Gasteiger partial charge is 0.507 e. The highest BCUT2D eigenvalue weighted by molar-refractivity contribution is 6.46. The third-order valence-electron chi connectivity index (χ3n) is 4.38. The Morgan fingerprint density at radius 1 is 0.926 bits per heavy atom. The number of hydrogen-bond donors (Lipinski definition) is 2. The molecule has 0 aromatic heterocycles. The van der Waals surface area contributed by atoms with E-state index in [9.17, 15) is 14.7 Å². The average Bonchev–Trinajstić information content (AvgIpc) is 3.01. The number of methoxy groups -OCH3 is 3. The van der Waals surface area contributed by atoms with E-state index in [-0.39, 0.29) is 11.3 Å². The van der Waals surface area contributed by atoms with Gasteiger partial charge in [-0.25, -0.2) is 0 Å². The maximum absolute atomic E-state index is 12.5. The molecule has 7 heteroatoms. The molecule has 27 heavy (non-hydrogen) atoms. The lowest BCUT2D eigenvalue weighted by molar-refractivity contribution is -0.133. The lowest BCUT2D eigenvalue weighted by Crippen LogP contribution is -2.21. The van der Waals surface area contributed by atoms with Crippen molar-refractivity contribution in [1.29, 1.82) is 0 Å². The van der Waals surface area contributed by atoms with E-state index in [4.69, 9.17) is 14.2 Å². The van der Waals surface area contributed by atoms with Gasteiger partial charge in [-0.3, -0.25) is 9.59 Å². The van der Waals surface area contributed by atoms with Crippen molar-refractivity contribution in [1.82, 2.24) is 5.32 Å². The molecule has 0 aliphatic carbocycles. The molecular formula is C20H19NO6. The molecule has 0 radical (unpaired) electrons. The zero-order valence-electron chi connectivity index (χ0n) is 15.1. The number of amides is 1. The number of nitrogens with one attached hydrogen (secondary N) is 1. The molecule has 0 saturated carbocycles. The first-order valence-corrected chi connectivity index (χ1v) is 8.15. The molecule has 1 fully saturated rings. The Balaban J connectivity index is 2.15. The fourth-order valence-electron chi connectivity index (χ4n) is 3.04. The van der Waals surface area contributed by atoms with Gasteiger partial charge in [0.2, 0.25) is 0 Å². The number of Topliss-reactive ketones (excluding diaryl/α,β-unsaturated/α-hetero) is 1. The Kier molecular flexibility index (Phi) is 5.03. The van der Waals surface area contributed by atoms with Crippen molar-refractivity contribution >= 4 is 17.4 Å². The number of aliphatic hydroxyl groups is 1. The van der Waals surface area contributed by atoms with E-state index in [0.29, 0.717) is 28.4 Å². The SMILES string of the molecule is COc1ccc(C(O)=C2C(=O)C(=O)N[C@H]2c2ccccc2OC)cc1OC. The highest BCUT2D eigenvalue weighted by Crippen LogP contribution is 2.38. The molecular weight excluding hydrogens is 350 g/mol. The summed E-state index contributed by atoms with van der Waals surface area (Å²) in [5, 5.41) is 13.4. The summed E-state index contributed by atoms with van der Waals surface area (Å²) in [7, 11) is 4.46. The number of ether oxygens (including phenoxy) is 3. The summed E-state index contributed by atoms with van der Waals surface area (Å²) in [4.78, 5) is 24.5. The summed E-state index contributed by atoms with van der Waals surface area (Å²) < 4.78 is 15.7. The van der Waals surface area contributed by atoms with Crippen LogP contribution in [0.4, 0.5) is 0 Å². The Morgan fingerprint density at radius 2 is 1.59 bits per heavy atom. The molecule has 2 aromatic carbocycles. The van der Waals surface area contributed by atoms with E-state index in [1.165, 1.54) is 27.4 Å². The van der Waals surface area contributed by atoms with Crippen LogP contribution in [0.3, 0.4) is 0 Å². The number of aliphatic hydroxyl groups excluding tert-OH is 1. The third-order valence-corrected chi connectivity index (χ3v) is 4.38. The molecule has 7 nitrogen and oxygen atoms in total. The molecule has 1 amide bonds. The minimum Gasteiger partial charge on any atom is -0.507 e. The summed E-state index contributed by atoms with van der Waals surface area (Å²) in [6.07, 6.45) is 0. The molecule has 0 bridgehead atoms. The van der Waals surface area contributed by atoms with Crippen LogP contribution in [0, 0.1) is 0 Å². The van der Waals surface area contributed by atoms with Gasteiger partial charge in [-0.05, 0) is 24.3 Å². The first-order chi connectivity index (χ1) is 13.0. The van der Waals surface area contributed by atoms with Crippen molar-refractivity contribution in [2.45, 2.75) is 6.04 Å². The van der Waals surface area contributed by atoms with Gasteiger partial charge in [0.05, 0.1) is 32.9 Å². The zero-order valence-corrected chi connectivity index (χ0v) is 15.1. The lowest BCUT2D eigenvalue weighted by atomic mass is 9.95. The fraction of sp³-hybridized carbons (Fsp3) is 0.200. The van der Waals surface area contributed by atoms with Gasteiger partial charge < -0.3 is 24.6 Å². The van der Waals surface area contributed by atoms with E-state index < -0.39 is 17.7 Å². The zero-order chi connectivity index (χ0) is 19.6. The van der Waals surface area contributed by atoms with Crippen LogP contribution in [-0.2, 0) is 9.59 Å². The number of para-hydroxylation sites is 1. The molecule has 3 rings (SSSR count). The quantitative estimate of drug-likeness (QED) is 0.478. The maximum Gasteiger partial charge on any atom is 0.293 e. The number of ketones is 1. The van der Waals surface area contributed by atoms with Crippen LogP contribution in [-0.4, -0.2) is 38.1 Å². The Morgan fingerprint density at radius 3 is 2.26 bits per heavy atom. The molecule has 140 valence electrons. The molecule has 1 heterocycles. The molecule has 1 aliphatic heterocycles. The van der Waals surface area contributed by atoms with Crippen molar-refractivity contribution in [3.05, 3.63) is 59.2 Å². The van der Waals surface area contributed by atoms with Crippen molar-refractivity contribution < 1.29 is 28.9 Å². The van der Waals surface area contributed by atoms with Crippen molar-refractivity contribution in [3.63, 3.8) is 0 Å². The van der Waals surface area contributed by atoms with Gasteiger partial charge in [0.1, 0.15) is 11.5 Å². The van der Waals surface area contributed by atoms with E-state index in [1.54, 1.807) is 36.4 Å². The summed E-state index contributed by atoms with van der Waals surface area (Å²) >= 11 is 0. The van der Waals surface area contributed by atoms with Gasteiger partial charge in [-0.2, -0.15) is 0 Å². The molecule has 0 unspecified atom stereocenters. The fourth-order valence-corrected chi connectivity index (χ4v) is 3.04. The van der Waals surface area contributed by atoms with Gasteiger partial charge in [0, 0.05) is 11.1 Å². The second-order valence-corrected chi connectivity index (χ2v) is 5.81. The van der Waals surface area contributed by atoms with Crippen LogP contribution in [0.5, 0.6) is 17.2 Å². The number of hydrogen-bond acceptors (Lipinski definition) is 6. The van der Waals surface area contributed by atoms with Gasteiger partial charge in [0.25, 0.3) is 11.7 Å². The normalized spacial score (nSPS) is 18.1. The Hall–Kier alpha value is -3.48. The molecule has 1 aliphatic rings. The molecule has 2 N–H and O–H groups in total. The minimum absolute atomic E-state index is 0.0447. The second kappa shape index (κ2) is 7.41. The van der Waals surface area contributed by atoms with Crippen LogP contribution in [0.15, 0.2) is 48.0 Å². The number of rotatable bonds is 5. The summed E-state index contributed by atoms with van der Waals surface area (Å²) in [6, 6.07) is 10.9. The number of carbonyl (C=O) groups is 2. The van der Waals surface area contributed by atoms with Crippen LogP contribution in [0.1, 0.15) is 17.2 Å². The number of carbonyl (C=O) groups excluding carboxylic acids is 2. The smallest absolute Gasteiger partial charge is 0.293 e. The van der Waals surface area contributed by atoms with Crippen molar-refractivity contribution in [3.8, 4) is 17.2 Å². The van der Waals surface area contributed by atoms with E-state index in [1.807, 2.05) is 0 Å². The summed E-state index contributed by atoms with van der Waals surface area (Å²) in [5.41, 5.74) is 0.852. The minimum atomic E-state index is -0.825. The molecule has 0 spiro atoms. The van der Waals surface area contributed by atoms with Crippen LogP contribution >= 0.6 is 0 Å². The Labute approximate surface area is 156 Å². The maximum atomic E-state index is 12.5. The van der Waals surface area contributed by atoms with E-state index >= 15 is 0 Å². The van der Waals surface area contributed by atoms with E-state index in [2.05, 4.69) is 5.32 Å². The van der Waals surface area contributed by atoms with Gasteiger partial charge in [-0.1, -0.05) is 18.2 Å². The molecule has 2 aromatic rings. The van der Waals surface area contributed by atoms with Crippen molar-refractivity contribution in [2.75, 3.05) is 21.3 Å². The molecule has 1 saturated heterocycles. The van der Waals surface area contributed by atoms with E-state index in [0.717, 1.165) is 0 Å². The van der Waals surface area contributed by atoms with Gasteiger partial charge in [-0.15, -0.1) is 0 Å². The predicted octanol–water partition coefficient (Wildman–Crippen LogP) is 2.42. The van der Waals surface area contributed by atoms with Crippen LogP contribution in [0.25, 0.3) is 5.76 Å². The highest BCUT2D eigenvalue weighted by Gasteiger charge is 2.40.